The Balaban J connectivity index is 0.00000192. The molecule has 0 radical (unpaired) electrons. The van der Waals surface area contributed by atoms with E-state index in [0.717, 1.165) is 25.2 Å². The van der Waals surface area contributed by atoms with Crippen molar-refractivity contribution < 1.29 is 9.59 Å². The molecule has 2 heterocycles. The molecule has 1 aromatic rings. The van der Waals surface area contributed by atoms with Crippen LogP contribution in [0.5, 0.6) is 0 Å². The van der Waals surface area contributed by atoms with Crippen molar-refractivity contribution in [3.05, 3.63) is 29.8 Å². The number of hydrogen-bond donors (Lipinski definition) is 2. The van der Waals surface area contributed by atoms with Gasteiger partial charge in [0, 0.05) is 50.0 Å². The maximum atomic E-state index is 12.7. The SMILES string of the molecule is C[C@H]1CNCCN1C(=O)c1cccc(N2CCCNC2=O)c1.Cl. The minimum atomic E-state index is -0.0913. The van der Waals surface area contributed by atoms with Crippen LogP contribution in [0, 0.1) is 0 Å². The van der Waals surface area contributed by atoms with Gasteiger partial charge in [-0.1, -0.05) is 6.07 Å². The molecule has 0 unspecified atom stereocenters. The lowest BCUT2D eigenvalue weighted by Gasteiger charge is -2.34. The van der Waals surface area contributed by atoms with E-state index in [1.807, 2.05) is 36.1 Å². The number of carbonyl (C=O) groups is 2. The summed E-state index contributed by atoms with van der Waals surface area (Å²) in [5, 5.41) is 6.12. The van der Waals surface area contributed by atoms with E-state index in [2.05, 4.69) is 10.6 Å². The van der Waals surface area contributed by atoms with Crippen molar-refractivity contribution >= 4 is 30.0 Å². The smallest absolute Gasteiger partial charge is 0.321 e. The minimum absolute atomic E-state index is 0. The van der Waals surface area contributed by atoms with Gasteiger partial charge in [0.15, 0.2) is 0 Å². The summed E-state index contributed by atoms with van der Waals surface area (Å²) in [5.74, 6) is 0.0354. The first-order chi connectivity index (χ1) is 10.7. The summed E-state index contributed by atoms with van der Waals surface area (Å²) in [6.45, 7) is 5.81. The Morgan fingerprint density at radius 3 is 2.83 bits per heavy atom. The summed E-state index contributed by atoms with van der Waals surface area (Å²) >= 11 is 0. The van der Waals surface area contributed by atoms with Crippen molar-refractivity contribution in [2.24, 2.45) is 0 Å². The van der Waals surface area contributed by atoms with Gasteiger partial charge in [-0.05, 0) is 31.5 Å². The van der Waals surface area contributed by atoms with E-state index in [0.29, 0.717) is 25.2 Å². The number of rotatable bonds is 2. The predicted octanol–water partition coefficient (Wildman–Crippen LogP) is 1.46. The minimum Gasteiger partial charge on any atom is -0.338 e. The molecule has 0 bridgehead atoms. The van der Waals surface area contributed by atoms with Gasteiger partial charge in [-0.15, -0.1) is 12.4 Å². The zero-order valence-electron chi connectivity index (χ0n) is 13.2. The molecule has 3 amide bonds. The van der Waals surface area contributed by atoms with Gasteiger partial charge in [0.2, 0.25) is 0 Å². The van der Waals surface area contributed by atoms with E-state index >= 15 is 0 Å². The van der Waals surface area contributed by atoms with Gasteiger partial charge in [-0.2, -0.15) is 0 Å². The fourth-order valence-corrected chi connectivity index (χ4v) is 2.99. The van der Waals surface area contributed by atoms with Crippen LogP contribution in [0.4, 0.5) is 10.5 Å². The van der Waals surface area contributed by atoms with Crippen LogP contribution in [0.2, 0.25) is 0 Å². The Labute approximate surface area is 142 Å². The molecular weight excluding hydrogens is 316 g/mol. The van der Waals surface area contributed by atoms with Gasteiger partial charge in [-0.3, -0.25) is 9.69 Å². The molecule has 6 nitrogen and oxygen atoms in total. The zero-order chi connectivity index (χ0) is 15.5. The number of carbonyl (C=O) groups excluding carboxylic acids is 2. The highest BCUT2D eigenvalue weighted by atomic mass is 35.5. The summed E-state index contributed by atoms with van der Waals surface area (Å²) in [6, 6.07) is 7.46. The van der Waals surface area contributed by atoms with Crippen LogP contribution in [0.15, 0.2) is 24.3 Å². The monoisotopic (exact) mass is 338 g/mol. The maximum Gasteiger partial charge on any atom is 0.321 e. The van der Waals surface area contributed by atoms with Crippen molar-refractivity contribution in [2.75, 3.05) is 37.6 Å². The van der Waals surface area contributed by atoms with Crippen LogP contribution in [0.25, 0.3) is 0 Å². The summed E-state index contributed by atoms with van der Waals surface area (Å²) in [6.07, 6.45) is 0.915. The fraction of sp³-hybridized carbons (Fsp3) is 0.500. The van der Waals surface area contributed by atoms with E-state index in [4.69, 9.17) is 0 Å². The predicted molar refractivity (Wildman–Crippen MR) is 92.4 cm³/mol. The highest BCUT2D eigenvalue weighted by Gasteiger charge is 2.25. The molecule has 0 spiro atoms. The van der Waals surface area contributed by atoms with Gasteiger partial charge < -0.3 is 15.5 Å². The molecule has 0 saturated carbocycles. The first-order valence-electron chi connectivity index (χ1n) is 7.84. The molecule has 2 N–H and O–H groups in total. The van der Waals surface area contributed by atoms with Gasteiger partial charge in [0.25, 0.3) is 5.91 Å². The molecule has 1 atom stereocenters. The lowest BCUT2D eigenvalue weighted by atomic mass is 10.1. The second-order valence-electron chi connectivity index (χ2n) is 5.84. The summed E-state index contributed by atoms with van der Waals surface area (Å²) in [4.78, 5) is 28.2. The number of urea groups is 1. The second kappa shape index (κ2) is 7.66. The number of nitrogens with one attached hydrogen (secondary N) is 2. The van der Waals surface area contributed by atoms with Crippen LogP contribution in [-0.2, 0) is 0 Å². The Bertz CT molecular complexity index is 581. The second-order valence-corrected chi connectivity index (χ2v) is 5.84. The summed E-state index contributed by atoms with van der Waals surface area (Å²) in [7, 11) is 0. The average molecular weight is 339 g/mol. The number of amides is 3. The standard InChI is InChI=1S/C16H22N4O2.ClH/c1-12-11-17-7-9-19(12)15(21)13-4-2-5-14(10-13)20-8-3-6-18-16(20)22;/h2,4-5,10,12,17H,3,6-9,11H2,1H3,(H,18,22);1H/t12-;/m0./s1. The number of benzene rings is 1. The molecule has 126 valence electrons. The number of nitrogens with zero attached hydrogens (tertiary/aromatic N) is 2. The van der Waals surface area contributed by atoms with Crippen molar-refractivity contribution in [1.82, 2.24) is 15.5 Å². The lowest BCUT2D eigenvalue weighted by molar-refractivity contribution is 0.0655. The molecule has 7 heteroatoms. The quantitative estimate of drug-likeness (QED) is 0.858. The van der Waals surface area contributed by atoms with E-state index in [-0.39, 0.29) is 30.4 Å². The summed E-state index contributed by atoms with van der Waals surface area (Å²) < 4.78 is 0. The van der Waals surface area contributed by atoms with Crippen molar-refractivity contribution in [1.29, 1.82) is 0 Å². The zero-order valence-corrected chi connectivity index (χ0v) is 14.1. The molecule has 2 saturated heterocycles. The molecule has 2 fully saturated rings. The Morgan fingerprint density at radius 1 is 1.26 bits per heavy atom. The van der Waals surface area contributed by atoms with Crippen molar-refractivity contribution in [2.45, 2.75) is 19.4 Å². The number of halogens is 1. The Morgan fingerprint density at radius 2 is 2.09 bits per heavy atom. The summed E-state index contributed by atoms with van der Waals surface area (Å²) in [5.41, 5.74) is 1.43. The van der Waals surface area contributed by atoms with Gasteiger partial charge in [0.05, 0.1) is 0 Å². The number of anilines is 1. The Hall–Kier alpha value is -1.79. The van der Waals surface area contributed by atoms with Gasteiger partial charge >= 0.3 is 6.03 Å². The van der Waals surface area contributed by atoms with Crippen molar-refractivity contribution in [3.8, 4) is 0 Å². The maximum absolute atomic E-state index is 12.7. The van der Waals surface area contributed by atoms with E-state index in [1.54, 1.807) is 4.90 Å². The van der Waals surface area contributed by atoms with Crippen molar-refractivity contribution in [3.63, 3.8) is 0 Å². The molecule has 1 aromatic carbocycles. The van der Waals surface area contributed by atoms with Crippen LogP contribution in [0.1, 0.15) is 23.7 Å². The molecular formula is C16H23ClN4O2. The first kappa shape index (κ1) is 17.6. The van der Waals surface area contributed by atoms with Crippen LogP contribution < -0.4 is 15.5 Å². The van der Waals surface area contributed by atoms with Crippen LogP contribution >= 0.6 is 12.4 Å². The third-order valence-electron chi connectivity index (χ3n) is 4.25. The largest absolute Gasteiger partial charge is 0.338 e. The van der Waals surface area contributed by atoms with Crippen LogP contribution in [-0.4, -0.2) is 55.6 Å². The van der Waals surface area contributed by atoms with E-state index in [1.165, 1.54) is 0 Å². The average Bonchev–Trinajstić information content (AvgIpc) is 2.55. The third-order valence-corrected chi connectivity index (χ3v) is 4.25. The molecule has 0 aromatic heterocycles. The number of hydrogen-bond acceptors (Lipinski definition) is 3. The van der Waals surface area contributed by atoms with E-state index < -0.39 is 0 Å². The lowest BCUT2D eigenvalue weighted by Crippen LogP contribution is -2.52. The molecule has 2 aliphatic heterocycles. The molecule has 0 aliphatic carbocycles. The topological polar surface area (TPSA) is 64.7 Å². The first-order valence-corrected chi connectivity index (χ1v) is 7.84. The number of piperazine rings is 1. The third kappa shape index (κ3) is 3.76. The van der Waals surface area contributed by atoms with Crippen LogP contribution in [0.3, 0.4) is 0 Å². The van der Waals surface area contributed by atoms with E-state index in [9.17, 15) is 9.59 Å². The fourth-order valence-electron chi connectivity index (χ4n) is 2.99. The molecule has 23 heavy (non-hydrogen) atoms. The normalized spacial score (nSPS) is 21.4. The molecule has 3 rings (SSSR count). The van der Waals surface area contributed by atoms with Gasteiger partial charge in [-0.25, -0.2) is 4.79 Å². The van der Waals surface area contributed by atoms with Gasteiger partial charge in [0.1, 0.15) is 0 Å². The highest BCUT2D eigenvalue weighted by Crippen LogP contribution is 2.20. The molecule has 2 aliphatic rings. The highest BCUT2D eigenvalue weighted by molar-refractivity contribution is 5.98. The Kier molecular flexibility index (Phi) is 5.85.